The van der Waals surface area contributed by atoms with Gasteiger partial charge in [-0.1, -0.05) is 20.3 Å². The minimum absolute atomic E-state index is 0.563. The molecule has 0 saturated heterocycles. The Morgan fingerprint density at radius 1 is 1.05 bits per heavy atom. The smallest absolute Gasteiger partial charge is 0.147 e. The van der Waals surface area contributed by atoms with Gasteiger partial charge in [-0.15, -0.1) is 0 Å². The molecule has 0 spiro atoms. The standard InChI is InChI=1S/C15H23Br2NO2/c1-3-5-6-19-7-8-20-15-13(16)9-12(10-14(15)17)11-18-4-2/h9-10,18H,3-8,11H2,1-2H3. The predicted molar refractivity (Wildman–Crippen MR) is 90.4 cm³/mol. The molecule has 0 aliphatic carbocycles. The molecule has 20 heavy (non-hydrogen) atoms. The summed E-state index contributed by atoms with van der Waals surface area (Å²) in [6.45, 7) is 8.06. The first kappa shape index (κ1) is 18.0. The number of rotatable bonds is 10. The molecule has 0 aliphatic rings. The molecule has 0 bridgehead atoms. The average Bonchev–Trinajstić information content (AvgIpc) is 2.42. The number of hydrogen-bond donors (Lipinski definition) is 1. The van der Waals surface area contributed by atoms with E-state index in [1.165, 1.54) is 5.56 Å². The fourth-order valence-corrected chi connectivity index (χ4v) is 3.18. The van der Waals surface area contributed by atoms with Gasteiger partial charge in [-0.3, -0.25) is 0 Å². The van der Waals surface area contributed by atoms with Crippen LogP contribution in [-0.4, -0.2) is 26.4 Å². The van der Waals surface area contributed by atoms with Crippen LogP contribution in [0.5, 0.6) is 5.75 Å². The summed E-state index contributed by atoms with van der Waals surface area (Å²) in [4.78, 5) is 0. The van der Waals surface area contributed by atoms with Crippen LogP contribution in [0.3, 0.4) is 0 Å². The van der Waals surface area contributed by atoms with Gasteiger partial charge in [-0.25, -0.2) is 0 Å². The summed E-state index contributed by atoms with van der Waals surface area (Å²) in [5.74, 6) is 0.837. The Balaban J connectivity index is 2.45. The Hall–Kier alpha value is -0.100. The van der Waals surface area contributed by atoms with Crippen LogP contribution in [0, 0.1) is 0 Å². The number of halogens is 2. The lowest BCUT2D eigenvalue weighted by Gasteiger charge is -2.12. The zero-order valence-electron chi connectivity index (χ0n) is 12.2. The third-order valence-corrected chi connectivity index (χ3v) is 3.93. The lowest BCUT2D eigenvalue weighted by Crippen LogP contribution is -2.12. The van der Waals surface area contributed by atoms with E-state index in [-0.39, 0.29) is 0 Å². The molecule has 0 aromatic heterocycles. The second kappa shape index (κ2) is 10.6. The van der Waals surface area contributed by atoms with Gasteiger partial charge in [0.25, 0.3) is 0 Å². The Kier molecular flexibility index (Phi) is 9.52. The van der Waals surface area contributed by atoms with E-state index in [2.05, 4.69) is 63.2 Å². The van der Waals surface area contributed by atoms with E-state index in [4.69, 9.17) is 9.47 Å². The van der Waals surface area contributed by atoms with Gasteiger partial charge >= 0.3 is 0 Å². The number of hydrogen-bond acceptors (Lipinski definition) is 3. The Morgan fingerprint density at radius 2 is 1.75 bits per heavy atom. The first-order valence-electron chi connectivity index (χ1n) is 7.08. The van der Waals surface area contributed by atoms with Crippen LogP contribution in [-0.2, 0) is 11.3 Å². The van der Waals surface area contributed by atoms with Crippen molar-refractivity contribution in [3.05, 3.63) is 26.6 Å². The van der Waals surface area contributed by atoms with Crippen LogP contribution in [0.4, 0.5) is 0 Å². The quantitative estimate of drug-likeness (QED) is 0.577. The second-order valence-electron chi connectivity index (χ2n) is 4.48. The van der Waals surface area contributed by atoms with Gasteiger partial charge < -0.3 is 14.8 Å². The van der Waals surface area contributed by atoms with E-state index in [1.54, 1.807) is 0 Å². The molecule has 3 nitrogen and oxygen atoms in total. The largest absolute Gasteiger partial charge is 0.489 e. The highest BCUT2D eigenvalue weighted by atomic mass is 79.9. The average molecular weight is 409 g/mol. The van der Waals surface area contributed by atoms with Gasteiger partial charge in [0.1, 0.15) is 12.4 Å². The lowest BCUT2D eigenvalue weighted by atomic mass is 10.2. The summed E-state index contributed by atoms with van der Waals surface area (Å²) in [7, 11) is 0. The van der Waals surface area contributed by atoms with Crippen molar-refractivity contribution in [2.45, 2.75) is 33.2 Å². The zero-order chi connectivity index (χ0) is 14.8. The normalized spacial score (nSPS) is 10.8. The van der Waals surface area contributed by atoms with E-state index < -0.39 is 0 Å². The molecule has 1 aromatic rings. The molecule has 1 N–H and O–H groups in total. The first-order chi connectivity index (χ1) is 9.69. The lowest BCUT2D eigenvalue weighted by molar-refractivity contribution is 0.0975. The number of benzene rings is 1. The number of unbranched alkanes of at least 4 members (excludes halogenated alkanes) is 1. The number of nitrogens with one attached hydrogen (secondary N) is 1. The molecular formula is C15H23Br2NO2. The monoisotopic (exact) mass is 407 g/mol. The molecule has 0 atom stereocenters. The predicted octanol–water partition coefficient (Wildman–Crippen LogP) is 4.52. The van der Waals surface area contributed by atoms with E-state index in [0.717, 1.165) is 47.2 Å². The molecule has 114 valence electrons. The van der Waals surface area contributed by atoms with Crippen LogP contribution < -0.4 is 10.1 Å². The third kappa shape index (κ3) is 6.57. The molecule has 0 saturated carbocycles. The van der Waals surface area contributed by atoms with Crippen LogP contribution in [0.15, 0.2) is 21.1 Å². The maximum atomic E-state index is 5.77. The second-order valence-corrected chi connectivity index (χ2v) is 6.19. The topological polar surface area (TPSA) is 30.5 Å². The molecule has 1 rings (SSSR count). The molecule has 1 aromatic carbocycles. The van der Waals surface area contributed by atoms with E-state index in [1.807, 2.05) is 0 Å². The van der Waals surface area contributed by atoms with Crippen molar-refractivity contribution in [1.29, 1.82) is 0 Å². The van der Waals surface area contributed by atoms with Crippen LogP contribution >= 0.6 is 31.9 Å². The van der Waals surface area contributed by atoms with Crippen molar-refractivity contribution < 1.29 is 9.47 Å². The summed E-state index contributed by atoms with van der Waals surface area (Å²) < 4.78 is 13.2. The molecule has 0 aliphatic heterocycles. The first-order valence-corrected chi connectivity index (χ1v) is 8.66. The van der Waals surface area contributed by atoms with Gasteiger partial charge in [-0.2, -0.15) is 0 Å². The fraction of sp³-hybridized carbons (Fsp3) is 0.600. The van der Waals surface area contributed by atoms with Crippen molar-refractivity contribution >= 4 is 31.9 Å². The summed E-state index contributed by atoms with van der Waals surface area (Å²) in [5.41, 5.74) is 1.22. The van der Waals surface area contributed by atoms with Crippen LogP contribution in [0.2, 0.25) is 0 Å². The minimum Gasteiger partial charge on any atom is -0.489 e. The van der Waals surface area contributed by atoms with Gasteiger partial charge in [-0.05, 0) is 62.5 Å². The maximum absolute atomic E-state index is 5.77. The zero-order valence-corrected chi connectivity index (χ0v) is 15.3. The van der Waals surface area contributed by atoms with Gasteiger partial charge in [0.15, 0.2) is 0 Å². The fourth-order valence-electron chi connectivity index (χ4n) is 1.67. The molecule has 5 heteroatoms. The van der Waals surface area contributed by atoms with Crippen molar-refractivity contribution in [3.8, 4) is 5.75 Å². The Bertz CT molecular complexity index is 376. The highest BCUT2D eigenvalue weighted by Gasteiger charge is 2.08. The van der Waals surface area contributed by atoms with Crippen LogP contribution in [0.1, 0.15) is 32.3 Å². The summed E-state index contributed by atoms with van der Waals surface area (Å²) in [6, 6.07) is 4.17. The van der Waals surface area contributed by atoms with E-state index >= 15 is 0 Å². The molecular weight excluding hydrogens is 386 g/mol. The molecule has 0 amide bonds. The molecule has 0 radical (unpaired) electrons. The Labute approximate surface area is 138 Å². The minimum atomic E-state index is 0.563. The van der Waals surface area contributed by atoms with Crippen molar-refractivity contribution in [3.63, 3.8) is 0 Å². The Morgan fingerprint density at radius 3 is 2.35 bits per heavy atom. The maximum Gasteiger partial charge on any atom is 0.147 e. The molecule has 0 unspecified atom stereocenters. The number of ether oxygens (including phenoxy) is 2. The van der Waals surface area contributed by atoms with Crippen LogP contribution in [0.25, 0.3) is 0 Å². The van der Waals surface area contributed by atoms with E-state index in [0.29, 0.717) is 13.2 Å². The summed E-state index contributed by atoms with van der Waals surface area (Å²) >= 11 is 7.12. The van der Waals surface area contributed by atoms with Crippen molar-refractivity contribution in [1.82, 2.24) is 5.32 Å². The SMILES string of the molecule is CCCCOCCOc1c(Br)cc(CNCC)cc1Br. The molecule has 0 fully saturated rings. The highest BCUT2D eigenvalue weighted by molar-refractivity contribution is 9.11. The molecule has 0 heterocycles. The van der Waals surface area contributed by atoms with E-state index in [9.17, 15) is 0 Å². The summed E-state index contributed by atoms with van der Waals surface area (Å²) in [6.07, 6.45) is 2.26. The third-order valence-electron chi connectivity index (χ3n) is 2.75. The van der Waals surface area contributed by atoms with Crippen molar-refractivity contribution in [2.75, 3.05) is 26.4 Å². The van der Waals surface area contributed by atoms with Gasteiger partial charge in [0.05, 0.1) is 15.6 Å². The summed E-state index contributed by atoms with van der Waals surface area (Å²) in [5, 5.41) is 3.31. The highest BCUT2D eigenvalue weighted by Crippen LogP contribution is 2.34. The van der Waals surface area contributed by atoms with Gasteiger partial charge in [0.2, 0.25) is 0 Å². The van der Waals surface area contributed by atoms with Gasteiger partial charge in [0, 0.05) is 13.2 Å². The van der Waals surface area contributed by atoms with Crippen molar-refractivity contribution in [2.24, 2.45) is 0 Å².